The van der Waals surface area contributed by atoms with Crippen molar-refractivity contribution in [3.05, 3.63) is 38.2 Å². The molecule has 0 saturated carbocycles. The first kappa shape index (κ1) is 23.5. The number of aryl methyl sites for hydroxylation is 2. The van der Waals surface area contributed by atoms with Gasteiger partial charge in [-0.05, 0) is 60.0 Å². The summed E-state index contributed by atoms with van der Waals surface area (Å²) in [5.74, 6) is -0.0193. The largest absolute Gasteiger partial charge is 0.472 e. The van der Waals surface area contributed by atoms with Gasteiger partial charge in [-0.2, -0.15) is 0 Å². The molecular weight excluding hydrogens is 456 g/mol. The van der Waals surface area contributed by atoms with Gasteiger partial charge >= 0.3 is 11.6 Å². The van der Waals surface area contributed by atoms with Gasteiger partial charge in [-0.15, -0.1) is 5.10 Å². The summed E-state index contributed by atoms with van der Waals surface area (Å²) in [5, 5.41) is 16.0. The van der Waals surface area contributed by atoms with E-state index in [1.807, 2.05) is 26.0 Å². The summed E-state index contributed by atoms with van der Waals surface area (Å²) in [5.41, 5.74) is 2.04. The van der Waals surface area contributed by atoms with Crippen LogP contribution in [-0.4, -0.2) is 41.2 Å². The number of rotatable bonds is 8. The molecule has 2 aromatic heterocycles. The minimum Gasteiger partial charge on any atom is -0.472 e. The SMILES string of the molecule is Cc1ccc(-n2nc(OCCCO[Si](C)(C)C(C)(C)C)c([N+](=O)[O-])c2Br)c(C)n1. The number of ether oxygens (including phenoxy) is 1. The Hall–Kier alpha value is -1.78. The molecule has 0 bridgehead atoms. The Kier molecular flexibility index (Phi) is 7.23. The summed E-state index contributed by atoms with van der Waals surface area (Å²) < 4.78 is 13.4. The second-order valence-corrected chi connectivity index (χ2v) is 14.0. The molecule has 0 aromatic carbocycles. The third-order valence-corrected chi connectivity index (χ3v) is 10.4. The fraction of sp³-hybridized carbons (Fsp3) is 0.579. The van der Waals surface area contributed by atoms with Crippen LogP contribution in [0, 0.1) is 24.0 Å². The van der Waals surface area contributed by atoms with Crippen molar-refractivity contribution in [1.82, 2.24) is 14.8 Å². The molecule has 2 heterocycles. The van der Waals surface area contributed by atoms with Gasteiger partial charge < -0.3 is 9.16 Å². The van der Waals surface area contributed by atoms with Gasteiger partial charge in [0.2, 0.25) is 0 Å². The maximum atomic E-state index is 11.6. The molecular formula is C19H29BrN4O4Si. The molecule has 2 rings (SSSR count). The predicted octanol–water partition coefficient (Wildman–Crippen LogP) is 5.35. The van der Waals surface area contributed by atoms with Gasteiger partial charge in [-0.3, -0.25) is 15.1 Å². The van der Waals surface area contributed by atoms with Gasteiger partial charge in [0.15, 0.2) is 12.9 Å². The number of aromatic nitrogens is 3. The van der Waals surface area contributed by atoms with E-state index in [1.54, 1.807) is 0 Å². The number of hydrogen-bond donors (Lipinski definition) is 0. The van der Waals surface area contributed by atoms with Gasteiger partial charge in [0.25, 0.3) is 0 Å². The topological polar surface area (TPSA) is 92.3 Å². The fourth-order valence-corrected chi connectivity index (χ4v) is 4.13. The van der Waals surface area contributed by atoms with Gasteiger partial charge in [-0.1, -0.05) is 20.8 Å². The molecule has 2 aromatic rings. The standard InChI is InChI=1S/C19H29BrN4O4Si/c1-13-9-10-15(14(2)21-13)23-17(20)16(24(25)26)18(22-23)27-11-8-12-28-29(6,7)19(3,4)5/h9-10H,8,11-12H2,1-7H3. The number of hydrogen-bond acceptors (Lipinski definition) is 6. The second kappa shape index (κ2) is 8.93. The van der Waals surface area contributed by atoms with Crippen LogP contribution in [0.4, 0.5) is 5.69 Å². The van der Waals surface area contributed by atoms with E-state index in [1.165, 1.54) is 4.68 Å². The fourth-order valence-electron chi connectivity index (χ4n) is 2.46. The summed E-state index contributed by atoms with van der Waals surface area (Å²) in [7, 11) is -1.82. The van der Waals surface area contributed by atoms with E-state index >= 15 is 0 Å². The molecule has 0 spiro atoms. The highest BCUT2D eigenvalue weighted by atomic mass is 79.9. The van der Waals surface area contributed by atoms with Gasteiger partial charge in [0.05, 0.1) is 22.9 Å². The van der Waals surface area contributed by atoms with E-state index in [0.717, 1.165) is 11.4 Å². The Morgan fingerprint density at radius 3 is 2.45 bits per heavy atom. The van der Waals surface area contributed by atoms with Crippen LogP contribution in [0.2, 0.25) is 18.1 Å². The van der Waals surface area contributed by atoms with Crippen LogP contribution in [0.25, 0.3) is 5.69 Å². The maximum Gasteiger partial charge on any atom is 0.364 e. The highest BCUT2D eigenvalue weighted by Gasteiger charge is 2.37. The lowest BCUT2D eigenvalue weighted by molar-refractivity contribution is -0.386. The van der Waals surface area contributed by atoms with Crippen molar-refractivity contribution < 1.29 is 14.1 Å². The molecule has 8 nitrogen and oxygen atoms in total. The molecule has 0 fully saturated rings. The summed E-state index contributed by atoms with van der Waals surface area (Å²) in [6, 6.07) is 3.66. The van der Waals surface area contributed by atoms with Crippen molar-refractivity contribution >= 4 is 29.9 Å². The smallest absolute Gasteiger partial charge is 0.364 e. The summed E-state index contributed by atoms with van der Waals surface area (Å²) in [4.78, 5) is 15.5. The van der Waals surface area contributed by atoms with Crippen LogP contribution in [0.1, 0.15) is 38.6 Å². The Labute approximate surface area is 181 Å². The first-order valence-electron chi connectivity index (χ1n) is 9.49. The van der Waals surface area contributed by atoms with Crippen molar-refractivity contribution in [1.29, 1.82) is 0 Å². The van der Waals surface area contributed by atoms with E-state index < -0.39 is 13.2 Å². The molecule has 0 radical (unpaired) electrons. The van der Waals surface area contributed by atoms with Crippen LogP contribution in [0.3, 0.4) is 0 Å². The number of halogens is 1. The third kappa shape index (κ3) is 5.43. The first-order valence-corrected chi connectivity index (χ1v) is 13.2. The van der Waals surface area contributed by atoms with Crippen molar-refractivity contribution in [2.75, 3.05) is 13.2 Å². The molecule has 29 heavy (non-hydrogen) atoms. The average Bonchev–Trinajstić information content (AvgIpc) is 2.90. The average molecular weight is 485 g/mol. The van der Waals surface area contributed by atoms with Crippen molar-refractivity contribution in [2.24, 2.45) is 0 Å². The Balaban J connectivity index is 2.12. The number of nitrogens with zero attached hydrogens (tertiary/aromatic N) is 4. The van der Waals surface area contributed by atoms with E-state index in [9.17, 15) is 10.1 Å². The molecule has 0 atom stereocenters. The van der Waals surface area contributed by atoms with E-state index in [0.29, 0.717) is 18.7 Å². The normalized spacial score (nSPS) is 12.3. The summed E-state index contributed by atoms with van der Waals surface area (Å²) in [6.45, 7) is 15.5. The Bertz CT molecular complexity index is 893. The highest BCUT2D eigenvalue weighted by molar-refractivity contribution is 9.10. The minimum atomic E-state index is -1.82. The number of pyridine rings is 1. The lowest BCUT2D eigenvalue weighted by Gasteiger charge is -2.36. The Morgan fingerprint density at radius 1 is 1.24 bits per heavy atom. The highest BCUT2D eigenvalue weighted by Crippen LogP contribution is 2.38. The van der Waals surface area contributed by atoms with Gasteiger partial charge in [0, 0.05) is 18.7 Å². The van der Waals surface area contributed by atoms with Crippen molar-refractivity contribution in [3.63, 3.8) is 0 Å². The number of nitro groups is 1. The zero-order valence-corrected chi connectivity index (χ0v) is 20.7. The van der Waals surface area contributed by atoms with E-state index in [4.69, 9.17) is 9.16 Å². The third-order valence-electron chi connectivity index (χ3n) is 5.18. The predicted molar refractivity (Wildman–Crippen MR) is 118 cm³/mol. The van der Waals surface area contributed by atoms with Crippen LogP contribution in [-0.2, 0) is 4.43 Å². The van der Waals surface area contributed by atoms with Crippen molar-refractivity contribution in [3.8, 4) is 11.6 Å². The second-order valence-electron chi connectivity index (χ2n) is 8.48. The van der Waals surface area contributed by atoms with E-state index in [2.05, 4.69) is 59.9 Å². The lowest BCUT2D eigenvalue weighted by atomic mass is 10.2. The Morgan fingerprint density at radius 2 is 1.90 bits per heavy atom. The summed E-state index contributed by atoms with van der Waals surface area (Å²) in [6.07, 6.45) is 0.624. The molecule has 0 unspecified atom stereocenters. The minimum absolute atomic E-state index is 0.0193. The molecule has 0 aliphatic carbocycles. The molecule has 0 amide bonds. The monoisotopic (exact) mass is 484 g/mol. The zero-order valence-electron chi connectivity index (χ0n) is 18.1. The molecule has 10 heteroatoms. The molecule has 160 valence electrons. The molecule has 0 saturated heterocycles. The zero-order chi connectivity index (χ0) is 22.0. The van der Waals surface area contributed by atoms with Crippen LogP contribution < -0.4 is 4.74 Å². The van der Waals surface area contributed by atoms with Crippen LogP contribution in [0.15, 0.2) is 16.7 Å². The van der Waals surface area contributed by atoms with Gasteiger partial charge in [-0.25, -0.2) is 4.68 Å². The van der Waals surface area contributed by atoms with Gasteiger partial charge in [0.1, 0.15) is 0 Å². The molecule has 0 N–H and O–H groups in total. The summed E-state index contributed by atoms with van der Waals surface area (Å²) >= 11 is 3.29. The lowest BCUT2D eigenvalue weighted by Crippen LogP contribution is -2.41. The quantitative estimate of drug-likeness (QED) is 0.217. The molecule has 0 aliphatic heterocycles. The maximum absolute atomic E-state index is 11.6. The molecule has 0 aliphatic rings. The first-order chi connectivity index (χ1) is 13.3. The van der Waals surface area contributed by atoms with Crippen molar-refractivity contribution in [2.45, 2.75) is 59.2 Å². The van der Waals surface area contributed by atoms with E-state index in [-0.39, 0.29) is 27.8 Å². The van der Waals surface area contributed by atoms with Crippen LogP contribution >= 0.6 is 15.9 Å². The van der Waals surface area contributed by atoms with Crippen LogP contribution in [0.5, 0.6) is 5.88 Å².